The molecule has 20 heavy (non-hydrogen) atoms. The van der Waals surface area contributed by atoms with Crippen molar-refractivity contribution < 1.29 is 24.6 Å². The number of nitrogens with one attached hydrogen (secondary N) is 1. The smallest absolute Gasteiger partial charge is 0.408 e. The van der Waals surface area contributed by atoms with E-state index in [-0.39, 0.29) is 12.6 Å². The lowest BCUT2D eigenvalue weighted by atomic mass is 10.1. The first-order valence-corrected chi connectivity index (χ1v) is 6.20. The summed E-state index contributed by atoms with van der Waals surface area (Å²) in [6, 6.07) is -0.956. The molecule has 0 aromatic heterocycles. The summed E-state index contributed by atoms with van der Waals surface area (Å²) in [6.45, 7) is 1.56. The standard InChI is InChI=1S/C11H22N4O5/c1-8(14-19)15(7-20-11(18)13-2)9(10(16)17)5-3-4-6-12/h9,19H,3-7,12H2,1-2H3,(H,13,18)(H,16,17)/b14-8+/t9-/m0/s1. The Morgan fingerprint density at radius 3 is 2.55 bits per heavy atom. The lowest BCUT2D eigenvalue weighted by Crippen LogP contribution is -2.46. The van der Waals surface area contributed by atoms with Gasteiger partial charge in [0.25, 0.3) is 0 Å². The Labute approximate surface area is 117 Å². The SMILES string of the molecule is CNC(=O)OCN(/C(C)=N/O)[C@@H](CCCCN)C(=O)O. The largest absolute Gasteiger partial charge is 0.480 e. The number of alkyl carbamates (subject to hydrolysis) is 1. The van der Waals surface area contributed by atoms with Gasteiger partial charge in [-0.15, -0.1) is 0 Å². The van der Waals surface area contributed by atoms with Crippen LogP contribution in [0.1, 0.15) is 26.2 Å². The first-order valence-electron chi connectivity index (χ1n) is 6.20. The third-order valence-corrected chi connectivity index (χ3v) is 2.69. The molecule has 9 heteroatoms. The maximum absolute atomic E-state index is 11.3. The first-order chi connectivity index (χ1) is 9.47. The number of amides is 1. The van der Waals surface area contributed by atoms with E-state index in [0.717, 1.165) is 0 Å². The number of carboxylic acids is 1. The monoisotopic (exact) mass is 290 g/mol. The predicted molar refractivity (Wildman–Crippen MR) is 71.5 cm³/mol. The topological polar surface area (TPSA) is 137 Å². The van der Waals surface area contributed by atoms with E-state index in [2.05, 4.69) is 10.5 Å². The molecule has 0 heterocycles. The van der Waals surface area contributed by atoms with E-state index in [4.69, 9.17) is 15.7 Å². The molecule has 116 valence electrons. The molecule has 0 bridgehead atoms. The molecule has 0 aliphatic rings. The summed E-state index contributed by atoms with van der Waals surface area (Å²) < 4.78 is 4.81. The lowest BCUT2D eigenvalue weighted by Gasteiger charge is -2.29. The summed E-state index contributed by atoms with van der Waals surface area (Å²) in [6.07, 6.45) is 0.884. The average Bonchev–Trinajstić information content (AvgIpc) is 2.44. The van der Waals surface area contributed by atoms with Crippen LogP contribution in [0.15, 0.2) is 5.16 Å². The van der Waals surface area contributed by atoms with Crippen LogP contribution < -0.4 is 11.1 Å². The normalized spacial score (nSPS) is 12.7. The van der Waals surface area contributed by atoms with Crippen molar-refractivity contribution in [3.05, 3.63) is 0 Å². The maximum atomic E-state index is 11.3. The van der Waals surface area contributed by atoms with Crippen LogP contribution in [0.3, 0.4) is 0 Å². The van der Waals surface area contributed by atoms with Gasteiger partial charge in [0.05, 0.1) is 0 Å². The number of amidine groups is 1. The highest BCUT2D eigenvalue weighted by Crippen LogP contribution is 2.11. The molecule has 0 aromatic carbocycles. The zero-order valence-electron chi connectivity index (χ0n) is 11.7. The van der Waals surface area contributed by atoms with Crippen LogP contribution in [0.2, 0.25) is 0 Å². The molecule has 0 saturated carbocycles. The molecule has 0 rings (SSSR count). The van der Waals surface area contributed by atoms with Crippen molar-refractivity contribution in [1.82, 2.24) is 10.2 Å². The average molecular weight is 290 g/mol. The minimum absolute atomic E-state index is 0.0500. The van der Waals surface area contributed by atoms with E-state index in [0.29, 0.717) is 25.8 Å². The molecular weight excluding hydrogens is 268 g/mol. The number of ether oxygens (including phenoxy) is 1. The number of oxime groups is 1. The van der Waals surface area contributed by atoms with E-state index in [1.807, 2.05) is 0 Å². The van der Waals surface area contributed by atoms with Gasteiger partial charge in [-0.1, -0.05) is 5.16 Å². The van der Waals surface area contributed by atoms with E-state index in [9.17, 15) is 14.7 Å². The predicted octanol–water partition coefficient (Wildman–Crippen LogP) is -0.00830. The minimum Gasteiger partial charge on any atom is -0.480 e. The van der Waals surface area contributed by atoms with Crippen LogP contribution in [0.5, 0.6) is 0 Å². The van der Waals surface area contributed by atoms with E-state index >= 15 is 0 Å². The number of unbranched alkanes of at least 4 members (excludes halogenated alkanes) is 1. The van der Waals surface area contributed by atoms with Gasteiger partial charge < -0.3 is 31.0 Å². The van der Waals surface area contributed by atoms with Crippen LogP contribution in [0.4, 0.5) is 4.79 Å². The number of hydrogen-bond acceptors (Lipinski definition) is 6. The third-order valence-electron chi connectivity index (χ3n) is 2.69. The fourth-order valence-corrected chi connectivity index (χ4v) is 1.56. The maximum Gasteiger partial charge on any atom is 0.408 e. The molecule has 0 aliphatic heterocycles. The summed E-state index contributed by atoms with van der Waals surface area (Å²) >= 11 is 0. The fraction of sp³-hybridized carbons (Fsp3) is 0.727. The van der Waals surface area contributed by atoms with Gasteiger partial charge in [-0.3, -0.25) is 0 Å². The van der Waals surface area contributed by atoms with Crippen LogP contribution in [-0.4, -0.2) is 59.5 Å². The number of hydrogen-bond donors (Lipinski definition) is 4. The first kappa shape index (κ1) is 18.0. The van der Waals surface area contributed by atoms with Gasteiger partial charge in [0.2, 0.25) is 0 Å². The quantitative estimate of drug-likeness (QED) is 0.123. The second-order valence-electron chi connectivity index (χ2n) is 4.07. The van der Waals surface area contributed by atoms with Gasteiger partial charge in [-0.05, 0) is 32.7 Å². The Kier molecular flexibility index (Phi) is 8.84. The van der Waals surface area contributed by atoms with Crippen molar-refractivity contribution in [3.8, 4) is 0 Å². The summed E-state index contributed by atoms with van der Waals surface area (Å²) in [5.74, 6) is -1.04. The Hall–Kier alpha value is -2.03. The molecular formula is C11H22N4O5. The number of nitrogens with zero attached hydrogens (tertiary/aromatic N) is 2. The van der Waals surface area contributed by atoms with Crippen molar-refractivity contribution >= 4 is 17.9 Å². The van der Waals surface area contributed by atoms with Crippen LogP contribution in [0.25, 0.3) is 0 Å². The lowest BCUT2D eigenvalue weighted by molar-refractivity contribution is -0.143. The van der Waals surface area contributed by atoms with Crippen LogP contribution >= 0.6 is 0 Å². The second-order valence-corrected chi connectivity index (χ2v) is 4.07. The van der Waals surface area contributed by atoms with E-state index in [1.54, 1.807) is 0 Å². The number of aliphatic carboxylic acids is 1. The molecule has 0 radical (unpaired) electrons. The van der Waals surface area contributed by atoms with Gasteiger partial charge in [0, 0.05) is 7.05 Å². The van der Waals surface area contributed by atoms with Crippen molar-refractivity contribution in [2.75, 3.05) is 20.3 Å². The molecule has 1 amide bonds. The third kappa shape index (κ3) is 6.23. The molecule has 0 unspecified atom stereocenters. The number of carbonyl (C=O) groups is 2. The zero-order valence-corrected chi connectivity index (χ0v) is 11.7. The van der Waals surface area contributed by atoms with Gasteiger partial charge in [0.1, 0.15) is 11.9 Å². The summed E-state index contributed by atoms with van der Waals surface area (Å²) in [5, 5.41) is 23.3. The summed E-state index contributed by atoms with van der Waals surface area (Å²) in [4.78, 5) is 23.6. The summed E-state index contributed by atoms with van der Waals surface area (Å²) in [5.41, 5.74) is 5.37. The zero-order chi connectivity index (χ0) is 15.5. The summed E-state index contributed by atoms with van der Waals surface area (Å²) in [7, 11) is 1.38. The van der Waals surface area contributed by atoms with Crippen LogP contribution in [0, 0.1) is 0 Å². The minimum atomic E-state index is -1.09. The van der Waals surface area contributed by atoms with E-state index in [1.165, 1.54) is 18.9 Å². The Morgan fingerprint density at radius 2 is 2.10 bits per heavy atom. The van der Waals surface area contributed by atoms with Gasteiger partial charge in [0.15, 0.2) is 6.73 Å². The molecule has 1 atom stereocenters. The number of nitrogens with two attached hydrogens (primary N) is 1. The van der Waals surface area contributed by atoms with Crippen molar-refractivity contribution in [2.24, 2.45) is 10.9 Å². The molecule has 0 spiro atoms. The Balaban J connectivity index is 4.83. The van der Waals surface area contributed by atoms with Gasteiger partial charge >= 0.3 is 12.1 Å². The van der Waals surface area contributed by atoms with Crippen molar-refractivity contribution in [3.63, 3.8) is 0 Å². The fourth-order valence-electron chi connectivity index (χ4n) is 1.56. The van der Waals surface area contributed by atoms with E-state index < -0.39 is 18.1 Å². The number of carboxylic acid groups (broad SMARTS) is 1. The molecule has 0 saturated heterocycles. The Bertz CT molecular complexity index is 348. The molecule has 0 aliphatic carbocycles. The Morgan fingerprint density at radius 1 is 1.45 bits per heavy atom. The second kappa shape index (κ2) is 9.84. The highest BCUT2D eigenvalue weighted by atomic mass is 16.6. The van der Waals surface area contributed by atoms with Crippen molar-refractivity contribution in [1.29, 1.82) is 0 Å². The molecule has 0 fully saturated rings. The number of rotatable bonds is 8. The van der Waals surface area contributed by atoms with Gasteiger partial charge in [-0.25, -0.2) is 9.59 Å². The van der Waals surface area contributed by atoms with Crippen molar-refractivity contribution in [2.45, 2.75) is 32.2 Å². The highest BCUT2D eigenvalue weighted by Gasteiger charge is 2.27. The molecule has 5 N–H and O–H groups in total. The molecule has 9 nitrogen and oxygen atoms in total. The van der Waals surface area contributed by atoms with Crippen LogP contribution in [-0.2, 0) is 9.53 Å². The van der Waals surface area contributed by atoms with Gasteiger partial charge in [-0.2, -0.15) is 0 Å². The highest BCUT2D eigenvalue weighted by molar-refractivity contribution is 5.85. The number of carbonyl (C=O) groups excluding carboxylic acids is 1. The molecule has 0 aromatic rings.